The fourth-order valence-corrected chi connectivity index (χ4v) is 1.05. The molecule has 0 heterocycles. The molecule has 80 valence electrons. The minimum absolute atomic E-state index is 0.385. The van der Waals surface area contributed by atoms with Crippen molar-refractivity contribution in [1.29, 1.82) is 0 Å². The lowest BCUT2D eigenvalue weighted by molar-refractivity contribution is -0.145. The number of hydrogen-bond donors (Lipinski definition) is 1. The highest BCUT2D eigenvalue weighted by Crippen LogP contribution is 2.13. The number of aliphatic carboxylic acids is 1. The van der Waals surface area contributed by atoms with Crippen molar-refractivity contribution in [2.75, 3.05) is 11.6 Å². The van der Waals surface area contributed by atoms with E-state index < -0.39 is 11.9 Å². The number of carbonyl (C=O) groups is 2. The van der Waals surface area contributed by atoms with E-state index in [0.29, 0.717) is 5.69 Å². The second kappa shape index (κ2) is 4.99. The van der Waals surface area contributed by atoms with Gasteiger partial charge in [-0.25, -0.2) is 0 Å². The van der Waals surface area contributed by atoms with Crippen molar-refractivity contribution in [2.45, 2.75) is 6.92 Å². The van der Waals surface area contributed by atoms with Crippen LogP contribution in [0.1, 0.15) is 6.92 Å². The summed E-state index contributed by atoms with van der Waals surface area (Å²) in [5.74, 6) is -1.62. The van der Waals surface area contributed by atoms with Crippen LogP contribution in [-0.4, -0.2) is 23.6 Å². The molecule has 0 spiro atoms. The number of hydroxylamine groups is 1. The van der Waals surface area contributed by atoms with Crippen LogP contribution in [0, 0.1) is 0 Å². The summed E-state index contributed by atoms with van der Waals surface area (Å²) in [4.78, 5) is 26.0. The Hall–Kier alpha value is -2.04. The molecule has 0 aromatic heterocycles. The third-order valence-corrected chi connectivity index (χ3v) is 1.56. The fraction of sp³-hybridized carbons (Fsp3) is 0.200. The molecule has 0 amide bonds. The molecule has 15 heavy (non-hydrogen) atoms. The van der Waals surface area contributed by atoms with Crippen molar-refractivity contribution in [3.05, 3.63) is 30.3 Å². The zero-order chi connectivity index (χ0) is 11.3. The third kappa shape index (κ3) is 3.68. The van der Waals surface area contributed by atoms with Gasteiger partial charge < -0.3 is 9.94 Å². The Morgan fingerprint density at radius 3 is 2.40 bits per heavy atom. The number of rotatable bonds is 4. The molecule has 1 aromatic carbocycles. The highest BCUT2D eigenvalue weighted by Gasteiger charge is 2.13. The second-order valence-corrected chi connectivity index (χ2v) is 2.85. The molecule has 0 fully saturated rings. The molecule has 0 atom stereocenters. The Morgan fingerprint density at radius 1 is 1.33 bits per heavy atom. The zero-order valence-corrected chi connectivity index (χ0v) is 8.21. The first-order valence-electron chi connectivity index (χ1n) is 4.32. The van der Waals surface area contributed by atoms with E-state index in [1.54, 1.807) is 30.3 Å². The molecule has 1 N–H and O–H groups in total. The summed E-state index contributed by atoms with van der Waals surface area (Å²) in [6.07, 6.45) is 0. The molecular formula is C10H11NO4. The van der Waals surface area contributed by atoms with Crippen LogP contribution in [-0.2, 0) is 14.4 Å². The van der Waals surface area contributed by atoms with Gasteiger partial charge in [0.25, 0.3) is 0 Å². The molecule has 0 aliphatic carbocycles. The molecule has 5 nitrogen and oxygen atoms in total. The first kappa shape index (κ1) is 11.0. The van der Waals surface area contributed by atoms with E-state index in [2.05, 4.69) is 0 Å². The average Bonchev–Trinajstić information content (AvgIpc) is 2.17. The topological polar surface area (TPSA) is 66.8 Å². The number of anilines is 1. The van der Waals surface area contributed by atoms with Crippen molar-refractivity contribution < 1.29 is 19.5 Å². The standard InChI is InChI=1S/C10H11NO4/c1-8(12)15-11(7-10(13)14)9-5-3-2-4-6-9/h2-6H,7H2,1H3,(H,13,14). The normalized spacial score (nSPS) is 9.40. The van der Waals surface area contributed by atoms with E-state index in [4.69, 9.17) is 9.94 Å². The molecule has 0 aliphatic rings. The third-order valence-electron chi connectivity index (χ3n) is 1.56. The monoisotopic (exact) mass is 209 g/mol. The van der Waals surface area contributed by atoms with Gasteiger partial charge >= 0.3 is 11.9 Å². The summed E-state index contributed by atoms with van der Waals surface area (Å²) in [6.45, 7) is 0.835. The predicted molar refractivity (Wildman–Crippen MR) is 53.2 cm³/mol. The van der Waals surface area contributed by atoms with Crippen molar-refractivity contribution in [1.82, 2.24) is 0 Å². The van der Waals surface area contributed by atoms with Crippen molar-refractivity contribution in [2.24, 2.45) is 0 Å². The Balaban J connectivity index is 2.81. The Bertz CT molecular complexity index is 334. The highest BCUT2D eigenvalue weighted by molar-refractivity contribution is 5.75. The summed E-state index contributed by atoms with van der Waals surface area (Å²) < 4.78 is 0. The van der Waals surface area contributed by atoms with Crippen molar-refractivity contribution in [3.63, 3.8) is 0 Å². The van der Waals surface area contributed by atoms with Gasteiger partial charge in [-0.15, -0.1) is 0 Å². The average molecular weight is 209 g/mol. The van der Waals surface area contributed by atoms with Gasteiger partial charge in [-0.3, -0.25) is 9.59 Å². The summed E-state index contributed by atoms with van der Waals surface area (Å²) in [6, 6.07) is 8.56. The van der Waals surface area contributed by atoms with Gasteiger partial charge in [0.1, 0.15) is 0 Å². The van der Waals surface area contributed by atoms with Crippen LogP contribution in [0.5, 0.6) is 0 Å². The number of carboxylic acids is 1. The molecule has 0 saturated heterocycles. The van der Waals surface area contributed by atoms with Crippen molar-refractivity contribution >= 4 is 17.6 Å². The van der Waals surface area contributed by atoms with E-state index in [9.17, 15) is 9.59 Å². The fourth-order valence-electron chi connectivity index (χ4n) is 1.05. The summed E-state index contributed by atoms with van der Waals surface area (Å²) in [5, 5.41) is 9.66. The molecule has 0 saturated carbocycles. The van der Waals surface area contributed by atoms with Gasteiger partial charge in [-0.2, -0.15) is 5.06 Å². The molecule has 5 heteroatoms. The minimum atomic E-state index is -1.07. The van der Waals surface area contributed by atoms with Gasteiger partial charge in [0, 0.05) is 6.92 Å². The SMILES string of the molecule is CC(=O)ON(CC(=O)O)c1ccccc1. The molecule has 0 unspecified atom stereocenters. The lowest BCUT2D eigenvalue weighted by Crippen LogP contribution is -2.31. The first-order valence-corrected chi connectivity index (χ1v) is 4.32. The minimum Gasteiger partial charge on any atom is -0.480 e. The van der Waals surface area contributed by atoms with Crippen LogP contribution in [0.15, 0.2) is 30.3 Å². The molecule has 0 aliphatic heterocycles. The molecule has 0 bridgehead atoms. The molecule has 1 rings (SSSR count). The first-order chi connectivity index (χ1) is 7.09. The van der Waals surface area contributed by atoms with Gasteiger partial charge in [0.2, 0.25) is 0 Å². The zero-order valence-electron chi connectivity index (χ0n) is 8.21. The summed E-state index contributed by atoms with van der Waals surface area (Å²) in [5.41, 5.74) is 0.523. The van der Waals surface area contributed by atoms with Crippen LogP contribution in [0.2, 0.25) is 0 Å². The van der Waals surface area contributed by atoms with Crippen LogP contribution >= 0.6 is 0 Å². The van der Waals surface area contributed by atoms with Gasteiger partial charge in [0.15, 0.2) is 6.54 Å². The lowest BCUT2D eigenvalue weighted by atomic mass is 10.3. The smallest absolute Gasteiger partial charge is 0.329 e. The van der Waals surface area contributed by atoms with E-state index in [1.807, 2.05) is 0 Å². The largest absolute Gasteiger partial charge is 0.480 e. The van der Waals surface area contributed by atoms with Crippen LogP contribution in [0.3, 0.4) is 0 Å². The second-order valence-electron chi connectivity index (χ2n) is 2.85. The Morgan fingerprint density at radius 2 is 1.93 bits per heavy atom. The molecular weight excluding hydrogens is 198 g/mol. The number of nitrogens with zero attached hydrogens (tertiary/aromatic N) is 1. The maximum atomic E-state index is 10.8. The summed E-state index contributed by atoms with van der Waals surface area (Å²) in [7, 11) is 0. The predicted octanol–water partition coefficient (Wildman–Crippen LogP) is 1.06. The van der Waals surface area contributed by atoms with Gasteiger partial charge in [-0.1, -0.05) is 18.2 Å². The Labute approximate surface area is 86.8 Å². The molecule has 1 aromatic rings. The van der Waals surface area contributed by atoms with Gasteiger partial charge in [0.05, 0.1) is 5.69 Å². The van der Waals surface area contributed by atoms with Crippen molar-refractivity contribution in [3.8, 4) is 0 Å². The number of para-hydroxylation sites is 1. The number of carbonyl (C=O) groups excluding carboxylic acids is 1. The van der Waals surface area contributed by atoms with Crippen LogP contribution in [0.4, 0.5) is 5.69 Å². The van der Waals surface area contributed by atoms with Gasteiger partial charge in [-0.05, 0) is 12.1 Å². The number of benzene rings is 1. The lowest BCUT2D eigenvalue weighted by Gasteiger charge is -2.20. The maximum Gasteiger partial charge on any atom is 0.329 e. The van der Waals surface area contributed by atoms with E-state index in [0.717, 1.165) is 5.06 Å². The van der Waals surface area contributed by atoms with E-state index >= 15 is 0 Å². The number of carboxylic acid groups (broad SMARTS) is 1. The van der Waals surface area contributed by atoms with E-state index in [1.165, 1.54) is 6.92 Å². The Kier molecular flexibility index (Phi) is 3.68. The van der Waals surface area contributed by atoms with Crippen LogP contribution in [0.25, 0.3) is 0 Å². The number of hydrogen-bond acceptors (Lipinski definition) is 4. The van der Waals surface area contributed by atoms with Crippen LogP contribution < -0.4 is 5.06 Å². The maximum absolute atomic E-state index is 10.8. The highest BCUT2D eigenvalue weighted by atomic mass is 16.7. The quantitative estimate of drug-likeness (QED) is 0.751. The van der Waals surface area contributed by atoms with E-state index in [-0.39, 0.29) is 6.54 Å². The molecule has 0 radical (unpaired) electrons. The summed E-state index contributed by atoms with van der Waals surface area (Å²) >= 11 is 0.